The summed E-state index contributed by atoms with van der Waals surface area (Å²) in [6.07, 6.45) is 5.19. The van der Waals surface area contributed by atoms with E-state index in [-0.39, 0.29) is 39.7 Å². The maximum Gasteiger partial charge on any atom is 0.270 e. The number of carbonyl (C=O) groups excluding carboxylic acids is 2. The van der Waals surface area contributed by atoms with Gasteiger partial charge in [-0.3, -0.25) is 24.3 Å². The van der Waals surface area contributed by atoms with Gasteiger partial charge in [-0.25, -0.2) is 9.37 Å². The average molecular weight is 702 g/mol. The summed E-state index contributed by atoms with van der Waals surface area (Å²) in [5.41, 5.74) is 0.695. The Morgan fingerprint density at radius 3 is 2.57 bits per heavy atom. The Morgan fingerprint density at radius 2 is 1.79 bits per heavy atom. The molecule has 3 aromatic heterocycles. The Balaban J connectivity index is 1.12. The number of nitrogens with zero attached hydrogens (tertiary/aromatic N) is 4. The number of amides is 2. The Bertz CT molecular complexity index is 1980. The van der Waals surface area contributed by atoms with E-state index < -0.39 is 17.2 Å². The predicted octanol–water partition coefficient (Wildman–Crippen LogP) is 5.18. The molecule has 0 saturated carbocycles. The van der Waals surface area contributed by atoms with Crippen LogP contribution in [0.1, 0.15) is 27.3 Å². The first-order valence-corrected chi connectivity index (χ1v) is 15.7. The highest BCUT2D eigenvalue weighted by molar-refractivity contribution is 9.10. The van der Waals surface area contributed by atoms with Crippen molar-refractivity contribution in [2.75, 3.05) is 44.7 Å². The number of hydrogen-bond donors (Lipinski definition) is 2. The Labute approximate surface area is 277 Å². The molecule has 240 valence electrons. The van der Waals surface area contributed by atoms with Crippen molar-refractivity contribution in [3.05, 3.63) is 117 Å². The van der Waals surface area contributed by atoms with Crippen LogP contribution in [-0.4, -0.2) is 70.6 Å². The summed E-state index contributed by atoms with van der Waals surface area (Å²) in [7, 11) is 0. The molecule has 1 aliphatic rings. The van der Waals surface area contributed by atoms with E-state index >= 15 is 4.39 Å². The van der Waals surface area contributed by atoms with Crippen LogP contribution in [-0.2, 0) is 4.74 Å². The minimum atomic E-state index is -0.760. The molecule has 1 saturated heterocycles. The van der Waals surface area contributed by atoms with Crippen LogP contribution >= 0.6 is 15.9 Å². The molecule has 0 spiro atoms. The van der Waals surface area contributed by atoms with Crippen molar-refractivity contribution >= 4 is 44.5 Å². The van der Waals surface area contributed by atoms with E-state index in [1.54, 1.807) is 22.9 Å². The van der Waals surface area contributed by atoms with E-state index in [1.807, 2.05) is 24.3 Å². The SMILES string of the molecule is O=C(NCCCN1CCOCC1)c1cc(Oc2ccc(NC(=O)c3cn(-c4ccc(Br)cc4)c4ncccc4c3=O)cc2F)ccn1. The standard InChI is InChI=1S/C34H30BrFN6O5/c35-22-4-7-24(8-5-22)42-21-27(31(43)26-3-1-11-38-32(26)42)33(44)40-23-6-9-30(28(36)19-23)47-25-10-13-37-29(20-25)34(45)39-12-2-14-41-15-17-46-18-16-41/h1,3-11,13,19-21H,2,12,14-18H2,(H,39,45)(H,40,44). The summed E-state index contributed by atoms with van der Waals surface area (Å²) >= 11 is 3.41. The fourth-order valence-electron chi connectivity index (χ4n) is 5.13. The van der Waals surface area contributed by atoms with Crippen molar-refractivity contribution in [2.45, 2.75) is 6.42 Å². The third-order valence-corrected chi connectivity index (χ3v) is 8.06. The number of fused-ring (bicyclic) bond motifs is 1. The van der Waals surface area contributed by atoms with Crippen molar-refractivity contribution in [3.63, 3.8) is 0 Å². The van der Waals surface area contributed by atoms with E-state index in [0.29, 0.717) is 17.9 Å². The molecule has 0 radical (unpaired) electrons. The van der Waals surface area contributed by atoms with Crippen LogP contribution in [0.5, 0.6) is 11.5 Å². The molecule has 11 nitrogen and oxygen atoms in total. The minimum Gasteiger partial charge on any atom is -0.454 e. The number of nitrogens with one attached hydrogen (secondary N) is 2. The van der Waals surface area contributed by atoms with Gasteiger partial charge in [0.25, 0.3) is 11.8 Å². The molecule has 0 aliphatic carbocycles. The van der Waals surface area contributed by atoms with Crippen LogP contribution in [0.15, 0.2) is 94.6 Å². The molecule has 2 amide bonds. The van der Waals surface area contributed by atoms with Gasteiger partial charge >= 0.3 is 0 Å². The van der Waals surface area contributed by atoms with Crippen LogP contribution in [0.2, 0.25) is 0 Å². The van der Waals surface area contributed by atoms with Crippen molar-refractivity contribution in [1.82, 2.24) is 24.8 Å². The second-order valence-corrected chi connectivity index (χ2v) is 11.7. The first-order valence-electron chi connectivity index (χ1n) is 14.9. The molecule has 2 aromatic carbocycles. The molecule has 4 heterocycles. The molecule has 13 heteroatoms. The van der Waals surface area contributed by atoms with Crippen molar-refractivity contribution in [3.8, 4) is 17.2 Å². The van der Waals surface area contributed by atoms with E-state index in [4.69, 9.17) is 9.47 Å². The average Bonchev–Trinajstić information content (AvgIpc) is 3.09. The number of anilines is 1. The lowest BCUT2D eigenvalue weighted by atomic mass is 10.1. The maximum atomic E-state index is 15.2. The van der Waals surface area contributed by atoms with E-state index in [9.17, 15) is 14.4 Å². The second-order valence-electron chi connectivity index (χ2n) is 10.7. The summed E-state index contributed by atoms with van der Waals surface area (Å²) in [6, 6.07) is 17.4. The first kappa shape index (κ1) is 32.0. The normalized spacial score (nSPS) is 13.3. The molecule has 0 bridgehead atoms. The highest BCUT2D eigenvalue weighted by Gasteiger charge is 2.18. The van der Waals surface area contributed by atoms with Crippen molar-refractivity contribution < 1.29 is 23.5 Å². The monoisotopic (exact) mass is 700 g/mol. The van der Waals surface area contributed by atoms with Crippen LogP contribution in [0.25, 0.3) is 16.7 Å². The second kappa shape index (κ2) is 14.6. The largest absolute Gasteiger partial charge is 0.454 e. The summed E-state index contributed by atoms with van der Waals surface area (Å²) < 4.78 is 28.7. The number of rotatable bonds is 10. The Morgan fingerprint density at radius 1 is 0.979 bits per heavy atom. The lowest BCUT2D eigenvalue weighted by molar-refractivity contribution is 0.0374. The molecule has 2 N–H and O–H groups in total. The summed E-state index contributed by atoms with van der Waals surface area (Å²) in [5.74, 6) is -1.74. The molecule has 1 fully saturated rings. The predicted molar refractivity (Wildman–Crippen MR) is 178 cm³/mol. The topological polar surface area (TPSA) is 128 Å². The van der Waals surface area contributed by atoms with Crippen molar-refractivity contribution in [2.24, 2.45) is 0 Å². The zero-order chi connectivity index (χ0) is 32.8. The third kappa shape index (κ3) is 7.71. The fraction of sp³-hybridized carbons (Fsp3) is 0.206. The van der Waals surface area contributed by atoms with Gasteiger partial charge in [0.05, 0.1) is 18.6 Å². The molecule has 6 rings (SSSR count). The third-order valence-electron chi connectivity index (χ3n) is 7.53. The van der Waals surface area contributed by atoms with Gasteiger partial charge in [-0.05, 0) is 67.6 Å². The van der Waals surface area contributed by atoms with Crippen LogP contribution < -0.4 is 20.8 Å². The van der Waals surface area contributed by atoms with E-state index in [1.165, 1.54) is 36.7 Å². The van der Waals surface area contributed by atoms with Crippen molar-refractivity contribution in [1.29, 1.82) is 0 Å². The van der Waals surface area contributed by atoms with Gasteiger partial charge in [-0.2, -0.15) is 0 Å². The van der Waals surface area contributed by atoms with Gasteiger partial charge in [0.15, 0.2) is 11.6 Å². The molecule has 0 unspecified atom stereocenters. The first-order chi connectivity index (χ1) is 22.9. The van der Waals surface area contributed by atoms with E-state index in [0.717, 1.165) is 49.8 Å². The smallest absolute Gasteiger partial charge is 0.270 e. The van der Waals surface area contributed by atoms with Gasteiger partial charge in [0.1, 0.15) is 22.7 Å². The minimum absolute atomic E-state index is 0.118. The summed E-state index contributed by atoms with van der Waals surface area (Å²) in [5, 5.41) is 5.72. The lowest BCUT2D eigenvalue weighted by Crippen LogP contribution is -2.38. The number of halogens is 2. The quantitative estimate of drug-likeness (QED) is 0.191. The number of aromatic nitrogens is 3. The zero-order valence-corrected chi connectivity index (χ0v) is 26.7. The maximum absolute atomic E-state index is 15.2. The van der Waals surface area contributed by atoms with Crippen LogP contribution in [0.3, 0.4) is 0 Å². The highest BCUT2D eigenvalue weighted by Crippen LogP contribution is 2.27. The van der Waals surface area contributed by atoms with Gasteiger partial charge in [-0.15, -0.1) is 0 Å². The molecular weight excluding hydrogens is 671 g/mol. The number of ether oxygens (including phenoxy) is 2. The number of morpholine rings is 1. The molecule has 0 atom stereocenters. The fourth-order valence-corrected chi connectivity index (χ4v) is 5.39. The zero-order valence-electron chi connectivity index (χ0n) is 25.1. The molecule has 5 aromatic rings. The Hall–Kier alpha value is -4.98. The summed E-state index contributed by atoms with van der Waals surface area (Å²) in [4.78, 5) is 50.0. The number of carbonyl (C=O) groups is 2. The number of benzene rings is 2. The van der Waals surface area contributed by atoms with Crippen LogP contribution in [0, 0.1) is 5.82 Å². The molecule has 1 aliphatic heterocycles. The van der Waals surface area contributed by atoms with Gasteiger partial charge < -0.3 is 24.7 Å². The number of pyridine rings is 3. The van der Waals surface area contributed by atoms with E-state index in [2.05, 4.69) is 41.4 Å². The molecular formula is C34H30BrFN6O5. The number of hydrogen-bond acceptors (Lipinski definition) is 8. The molecule has 47 heavy (non-hydrogen) atoms. The van der Waals surface area contributed by atoms with Gasteiger partial charge in [0, 0.05) is 66.2 Å². The lowest BCUT2D eigenvalue weighted by Gasteiger charge is -2.26. The van der Waals surface area contributed by atoms with Gasteiger partial charge in [-0.1, -0.05) is 15.9 Å². The summed E-state index contributed by atoms with van der Waals surface area (Å²) in [6.45, 7) is 4.56. The highest BCUT2D eigenvalue weighted by atomic mass is 79.9. The van der Waals surface area contributed by atoms with Crippen LogP contribution in [0.4, 0.5) is 10.1 Å². The Kier molecular flexibility index (Phi) is 9.95. The van der Waals surface area contributed by atoms with Gasteiger partial charge in [0.2, 0.25) is 5.43 Å².